The van der Waals surface area contributed by atoms with E-state index in [4.69, 9.17) is 5.11 Å². The molecule has 9 heteroatoms. The van der Waals surface area contributed by atoms with Gasteiger partial charge in [-0.1, -0.05) is 18.2 Å². The number of hydrogen-bond donors (Lipinski definition) is 1. The normalized spacial score (nSPS) is 14.6. The summed E-state index contributed by atoms with van der Waals surface area (Å²) < 4.78 is 1.12. The molecule has 1 aliphatic heterocycles. The maximum atomic E-state index is 12.7. The number of carbonyl (C=O) groups excluding carboxylic acids is 1. The van der Waals surface area contributed by atoms with E-state index in [-0.39, 0.29) is 11.7 Å². The van der Waals surface area contributed by atoms with E-state index in [1.54, 1.807) is 24.2 Å². The van der Waals surface area contributed by atoms with Crippen molar-refractivity contribution < 1.29 is 14.7 Å². The first-order valence-electron chi connectivity index (χ1n) is 9.67. The van der Waals surface area contributed by atoms with Gasteiger partial charge in [0.2, 0.25) is 0 Å². The molecule has 0 bridgehead atoms. The third kappa shape index (κ3) is 4.20. The summed E-state index contributed by atoms with van der Waals surface area (Å²) in [6.45, 7) is 5.01. The van der Waals surface area contributed by atoms with Crippen molar-refractivity contribution in [3.05, 3.63) is 66.0 Å². The Bertz CT molecular complexity index is 1060. The summed E-state index contributed by atoms with van der Waals surface area (Å²) in [6, 6.07) is 7.99. The van der Waals surface area contributed by atoms with Gasteiger partial charge in [-0.2, -0.15) is 9.78 Å². The highest BCUT2D eigenvalue weighted by atomic mass is 16.4. The number of carbonyl (C=O) groups is 2. The Morgan fingerprint density at radius 3 is 2.47 bits per heavy atom. The number of aromatic carboxylic acids is 1. The van der Waals surface area contributed by atoms with Crippen molar-refractivity contribution in [1.82, 2.24) is 29.5 Å². The van der Waals surface area contributed by atoms with Gasteiger partial charge in [-0.3, -0.25) is 4.90 Å². The number of nitrogens with zero attached hydrogens (tertiary/aromatic N) is 6. The van der Waals surface area contributed by atoms with Crippen molar-refractivity contribution in [3.8, 4) is 11.1 Å². The molecule has 0 atom stereocenters. The Morgan fingerprint density at radius 2 is 1.80 bits per heavy atom. The third-order valence-electron chi connectivity index (χ3n) is 5.17. The topological polar surface area (TPSA) is 104 Å². The first-order chi connectivity index (χ1) is 14.5. The van der Waals surface area contributed by atoms with Gasteiger partial charge in [0.25, 0.3) is 0 Å². The molecule has 30 heavy (non-hydrogen) atoms. The molecule has 2 aromatic heterocycles. The molecule has 0 radical (unpaired) electrons. The van der Waals surface area contributed by atoms with Crippen LogP contribution in [0.3, 0.4) is 0 Å². The molecule has 154 valence electrons. The van der Waals surface area contributed by atoms with Crippen molar-refractivity contribution in [3.63, 3.8) is 0 Å². The second-order valence-corrected chi connectivity index (χ2v) is 7.28. The highest BCUT2D eigenvalue weighted by Gasteiger charge is 2.24. The number of hydrogen-bond acceptors (Lipinski definition) is 6. The Labute approximate surface area is 173 Å². The zero-order chi connectivity index (χ0) is 21.1. The second-order valence-electron chi connectivity index (χ2n) is 7.28. The van der Waals surface area contributed by atoms with Crippen LogP contribution in [-0.2, 0) is 6.54 Å². The quantitative estimate of drug-likeness (QED) is 0.708. The lowest BCUT2D eigenvalue weighted by atomic mass is 10.1. The highest BCUT2D eigenvalue weighted by molar-refractivity contribution is 5.88. The minimum Gasteiger partial charge on any atom is -0.476 e. The fraction of sp³-hybridized carbons (Fsp3) is 0.286. The van der Waals surface area contributed by atoms with Gasteiger partial charge in [0.1, 0.15) is 6.33 Å². The molecule has 9 nitrogen and oxygen atoms in total. The molecule has 0 aliphatic carbocycles. The first kappa shape index (κ1) is 19.7. The Hall–Kier alpha value is -3.59. The van der Waals surface area contributed by atoms with Crippen LogP contribution in [-0.4, -0.2) is 72.8 Å². The SMILES string of the molecule is Cc1cn(C(=O)N2CCN(Cc3cccc(-c4cncnc4)c3)CC2)nc1C(=O)O. The number of carboxylic acid groups (broad SMARTS) is 1. The molecule has 3 aromatic rings. The first-order valence-corrected chi connectivity index (χ1v) is 9.67. The van der Waals surface area contributed by atoms with Gasteiger partial charge in [0, 0.05) is 62.4 Å². The lowest BCUT2D eigenvalue weighted by molar-refractivity contribution is 0.0689. The number of rotatable bonds is 4. The average Bonchev–Trinajstić information content (AvgIpc) is 3.16. The number of aromatic nitrogens is 4. The molecule has 0 unspecified atom stereocenters. The molecule has 1 saturated heterocycles. The van der Waals surface area contributed by atoms with Gasteiger partial charge in [-0.05, 0) is 24.1 Å². The fourth-order valence-electron chi connectivity index (χ4n) is 3.57. The van der Waals surface area contributed by atoms with Gasteiger partial charge in [-0.15, -0.1) is 0 Å². The van der Waals surface area contributed by atoms with E-state index in [2.05, 4.69) is 32.1 Å². The van der Waals surface area contributed by atoms with Crippen LogP contribution in [0.25, 0.3) is 11.1 Å². The van der Waals surface area contributed by atoms with Crippen molar-refractivity contribution in [2.75, 3.05) is 26.2 Å². The molecule has 0 spiro atoms. The molecule has 1 aliphatic rings. The molecule has 3 heterocycles. The van der Waals surface area contributed by atoms with E-state index in [0.717, 1.165) is 35.4 Å². The largest absolute Gasteiger partial charge is 0.476 e. The maximum absolute atomic E-state index is 12.7. The zero-order valence-corrected chi connectivity index (χ0v) is 16.6. The molecule has 1 N–H and O–H groups in total. The predicted octanol–water partition coefficient (Wildman–Crippen LogP) is 2.13. The summed E-state index contributed by atoms with van der Waals surface area (Å²) in [7, 11) is 0. The van der Waals surface area contributed by atoms with Gasteiger partial charge in [0.05, 0.1) is 0 Å². The van der Waals surface area contributed by atoms with Crippen LogP contribution in [0.1, 0.15) is 21.6 Å². The molecular weight excluding hydrogens is 384 g/mol. The average molecular weight is 406 g/mol. The molecular formula is C21H22N6O3. The molecule has 1 fully saturated rings. The molecule has 4 rings (SSSR count). The van der Waals surface area contributed by atoms with Gasteiger partial charge < -0.3 is 10.0 Å². The van der Waals surface area contributed by atoms with Gasteiger partial charge >= 0.3 is 12.0 Å². The zero-order valence-electron chi connectivity index (χ0n) is 16.6. The van der Waals surface area contributed by atoms with E-state index in [0.29, 0.717) is 18.7 Å². The summed E-state index contributed by atoms with van der Waals surface area (Å²) in [4.78, 5) is 36.0. The van der Waals surface area contributed by atoms with E-state index < -0.39 is 5.97 Å². The van der Waals surface area contributed by atoms with Crippen molar-refractivity contribution in [2.45, 2.75) is 13.5 Å². The monoisotopic (exact) mass is 406 g/mol. The van der Waals surface area contributed by atoms with Gasteiger partial charge in [0.15, 0.2) is 5.69 Å². The number of amides is 1. The van der Waals surface area contributed by atoms with E-state index in [9.17, 15) is 9.59 Å². The molecule has 1 aromatic carbocycles. The standard InChI is InChI=1S/C21H22N6O3/c1-15-12-27(24-19(15)20(28)29)21(30)26-7-5-25(6-8-26)13-16-3-2-4-17(9-16)18-10-22-14-23-11-18/h2-4,9-12,14H,5-8,13H2,1H3,(H,28,29). The Morgan fingerprint density at radius 1 is 1.07 bits per heavy atom. The van der Waals surface area contributed by atoms with Crippen molar-refractivity contribution in [1.29, 1.82) is 0 Å². The molecule has 1 amide bonds. The van der Waals surface area contributed by atoms with E-state index >= 15 is 0 Å². The van der Waals surface area contributed by atoms with Crippen molar-refractivity contribution >= 4 is 12.0 Å². The van der Waals surface area contributed by atoms with Crippen LogP contribution in [0.15, 0.2) is 49.2 Å². The Balaban J connectivity index is 1.37. The lowest BCUT2D eigenvalue weighted by Crippen LogP contribution is -2.49. The summed E-state index contributed by atoms with van der Waals surface area (Å²) in [5.74, 6) is -1.13. The second kappa shape index (κ2) is 8.42. The summed E-state index contributed by atoms with van der Waals surface area (Å²) in [6.07, 6.45) is 6.57. The minimum absolute atomic E-state index is 0.0920. The predicted molar refractivity (Wildman–Crippen MR) is 109 cm³/mol. The number of aryl methyl sites for hydroxylation is 1. The Kier molecular flexibility index (Phi) is 5.53. The van der Waals surface area contributed by atoms with Crippen LogP contribution in [0.5, 0.6) is 0 Å². The maximum Gasteiger partial charge on any atom is 0.356 e. The minimum atomic E-state index is -1.13. The van der Waals surface area contributed by atoms with Crippen molar-refractivity contribution in [2.24, 2.45) is 0 Å². The summed E-state index contributed by atoms with van der Waals surface area (Å²) in [5.41, 5.74) is 3.61. The lowest BCUT2D eigenvalue weighted by Gasteiger charge is -2.34. The van der Waals surface area contributed by atoms with E-state index in [1.165, 1.54) is 18.1 Å². The number of piperazine rings is 1. The summed E-state index contributed by atoms with van der Waals surface area (Å²) >= 11 is 0. The number of benzene rings is 1. The fourth-order valence-corrected chi connectivity index (χ4v) is 3.57. The van der Waals surface area contributed by atoms with Gasteiger partial charge in [-0.25, -0.2) is 19.6 Å². The number of carboxylic acids is 1. The molecule has 0 saturated carbocycles. The van der Waals surface area contributed by atoms with Crippen LogP contribution in [0, 0.1) is 6.92 Å². The van der Waals surface area contributed by atoms with Crippen LogP contribution in [0.2, 0.25) is 0 Å². The van der Waals surface area contributed by atoms with E-state index in [1.807, 2.05) is 12.1 Å². The highest BCUT2D eigenvalue weighted by Crippen LogP contribution is 2.20. The smallest absolute Gasteiger partial charge is 0.356 e. The van der Waals surface area contributed by atoms with Crippen LogP contribution < -0.4 is 0 Å². The van der Waals surface area contributed by atoms with Crippen LogP contribution in [0.4, 0.5) is 4.79 Å². The summed E-state index contributed by atoms with van der Waals surface area (Å²) in [5, 5.41) is 13.0. The third-order valence-corrected chi connectivity index (χ3v) is 5.17. The van der Waals surface area contributed by atoms with Crippen LogP contribution >= 0.6 is 0 Å².